The van der Waals surface area contributed by atoms with Crippen molar-refractivity contribution in [1.29, 1.82) is 0 Å². The molecule has 7 heteroatoms. The first-order chi connectivity index (χ1) is 7.71. The van der Waals surface area contributed by atoms with Gasteiger partial charge in [-0.15, -0.1) is 0 Å². The van der Waals surface area contributed by atoms with Crippen molar-refractivity contribution in [1.82, 2.24) is 0 Å². The zero-order valence-electron chi connectivity index (χ0n) is 8.26. The number of aliphatic carboxylic acids is 1. The smallest absolute Gasteiger partial charge is 0.396 e. The number of hydrogen-bond donors (Lipinski definition) is 1. The van der Waals surface area contributed by atoms with Gasteiger partial charge in [-0.1, -0.05) is 17.7 Å². The van der Waals surface area contributed by atoms with E-state index in [9.17, 15) is 22.4 Å². The normalized spacial score (nSPS) is 13.5. The van der Waals surface area contributed by atoms with Crippen molar-refractivity contribution in [3.05, 3.63) is 34.6 Å². The van der Waals surface area contributed by atoms with Crippen LogP contribution in [0.25, 0.3) is 0 Å². The SMILES string of the molecule is O=C(O)CC(c1ccc(Cl)c(F)c1)C(F)(F)F. The predicted molar refractivity (Wildman–Crippen MR) is 52.5 cm³/mol. The molecule has 1 rings (SSSR count). The van der Waals surface area contributed by atoms with Crippen LogP contribution >= 0.6 is 11.6 Å². The van der Waals surface area contributed by atoms with Crippen LogP contribution in [0.5, 0.6) is 0 Å². The van der Waals surface area contributed by atoms with Gasteiger partial charge in [-0.25, -0.2) is 4.39 Å². The Morgan fingerprint density at radius 2 is 2.00 bits per heavy atom. The van der Waals surface area contributed by atoms with Crippen molar-refractivity contribution in [3.63, 3.8) is 0 Å². The molecule has 0 aliphatic heterocycles. The minimum absolute atomic E-state index is 0.315. The van der Waals surface area contributed by atoms with Crippen molar-refractivity contribution in [3.8, 4) is 0 Å². The third-order valence-electron chi connectivity index (χ3n) is 2.12. The van der Waals surface area contributed by atoms with Crippen LogP contribution < -0.4 is 0 Å². The molecular formula is C10H7ClF4O2. The molecule has 1 aromatic carbocycles. The number of benzene rings is 1. The van der Waals surface area contributed by atoms with E-state index in [0.717, 1.165) is 12.1 Å². The van der Waals surface area contributed by atoms with Gasteiger partial charge in [-0.05, 0) is 17.7 Å². The average Bonchev–Trinajstić information content (AvgIpc) is 2.17. The molecule has 0 fully saturated rings. The zero-order valence-corrected chi connectivity index (χ0v) is 9.02. The first-order valence-electron chi connectivity index (χ1n) is 4.45. The van der Waals surface area contributed by atoms with Crippen LogP contribution in [0.15, 0.2) is 18.2 Å². The van der Waals surface area contributed by atoms with Crippen LogP contribution in [0, 0.1) is 5.82 Å². The quantitative estimate of drug-likeness (QED) is 0.852. The Balaban J connectivity index is 3.13. The van der Waals surface area contributed by atoms with E-state index in [1.165, 1.54) is 0 Å². The van der Waals surface area contributed by atoms with Gasteiger partial charge in [0.2, 0.25) is 0 Å². The first kappa shape index (κ1) is 13.8. The minimum atomic E-state index is -4.75. The van der Waals surface area contributed by atoms with E-state index in [4.69, 9.17) is 16.7 Å². The maximum atomic E-state index is 13.0. The number of carboxylic acids is 1. The number of alkyl halides is 3. The third-order valence-corrected chi connectivity index (χ3v) is 2.43. The predicted octanol–water partition coefficient (Wildman–Crippen LogP) is 3.60. The Morgan fingerprint density at radius 1 is 1.41 bits per heavy atom. The maximum absolute atomic E-state index is 13.0. The molecule has 0 saturated heterocycles. The monoisotopic (exact) mass is 270 g/mol. The highest BCUT2D eigenvalue weighted by Gasteiger charge is 2.42. The van der Waals surface area contributed by atoms with Crippen LogP contribution in [-0.2, 0) is 4.79 Å². The summed E-state index contributed by atoms with van der Waals surface area (Å²) in [5.41, 5.74) is -0.457. The second kappa shape index (κ2) is 4.91. The summed E-state index contributed by atoms with van der Waals surface area (Å²) in [5.74, 6) is -4.86. The molecule has 0 heterocycles. The van der Waals surface area contributed by atoms with Crippen LogP contribution in [0.3, 0.4) is 0 Å². The summed E-state index contributed by atoms with van der Waals surface area (Å²) < 4.78 is 50.8. The Hall–Kier alpha value is -1.30. The number of carbonyl (C=O) groups is 1. The van der Waals surface area contributed by atoms with Gasteiger partial charge in [0.15, 0.2) is 0 Å². The van der Waals surface area contributed by atoms with Crippen LogP contribution in [0.1, 0.15) is 17.9 Å². The molecule has 0 amide bonds. The van der Waals surface area contributed by atoms with E-state index in [0.29, 0.717) is 6.07 Å². The molecule has 94 valence electrons. The highest BCUT2D eigenvalue weighted by molar-refractivity contribution is 6.30. The molecule has 2 nitrogen and oxygen atoms in total. The number of halogens is 5. The van der Waals surface area contributed by atoms with Crippen molar-refractivity contribution in [2.75, 3.05) is 0 Å². The van der Waals surface area contributed by atoms with Gasteiger partial charge >= 0.3 is 12.1 Å². The maximum Gasteiger partial charge on any atom is 0.396 e. The number of carboxylic acid groups (broad SMARTS) is 1. The van der Waals surface area contributed by atoms with Crippen LogP contribution in [-0.4, -0.2) is 17.3 Å². The Labute approximate surface area is 98.8 Å². The second-order valence-electron chi connectivity index (χ2n) is 3.37. The first-order valence-corrected chi connectivity index (χ1v) is 4.83. The van der Waals surface area contributed by atoms with E-state index in [-0.39, 0.29) is 5.02 Å². The van der Waals surface area contributed by atoms with E-state index < -0.39 is 35.9 Å². The molecule has 0 aliphatic rings. The lowest BCUT2D eigenvalue weighted by molar-refractivity contribution is -0.163. The van der Waals surface area contributed by atoms with E-state index in [1.807, 2.05) is 0 Å². The Kier molecular flexibility index (Phi) is 3.98. The fourth-order valence-corrected chi connectivity index (χ4v) is 1.44. The van der Waals surface area contributed by atoms with Crippen LogP contribution in [0.2, 0.25) is 5.02 Å². The van der Waals surface area contributed by atoms with Crippen LogP contribution in [0.4, 0.5) is 17.6 Å². The molecule has 0 saturated carbocycles. The van der Waals surface area contributed by atoms with E-state index in [1.54, 1.807) is 0 Å². The lowest BCUT2D eigenvalue weighted by Gasteiger charge is -2.19. The molecule has 0 aromatic heterocycles. The van der Waals surface area contributed by atoms with Gasteiger partial charge in [0, 0.05) is 0 Å². The van der Waals surface area contributed by atoms with Crippen molar-refractivity contribution in [2.24, 2.45) is 0 Å². The van der Waals surface area contributed by atoms with Gasteiger partial charge in [-0.3, -0.25) is 4.79 Å². The second-order valence-corrected chi connectivity index (χ2v) is 3.77. The average molecular weight is 271 g/mol. The fourth-order valence-electron chi connectivity index (χ4n) is 1.33. The summed E-state index contributed by atoms with van der Waals surface area (Å²) in [7, 11) is 0. The highest BCUT2D eigenvalue weighted by atomic mass is 35.5. The van der Waals surface area contributed by atoms with E-state index in [2.05, 4.69) is 0 Å². The van der Waals surface area contributed by atoms with E-state index >= 15 is 0 Å². The number of hydrogen-bond acceptors (Lipinski definition) is 1. The van der Waals surface area contributed by atoms with Gasteiger partial charge < -0.3 is 5.11 Å². The summed E-state index contributed by atoms with van der Waals surface area (Å²) in [5, 5.41) is 8.10. The zero-order chi connectivity index (χ0) is 13.2. The lowest BCUT2D eigenvalue weighted by Crippen LogP contribution is -2.23. The highest BCUT2D eigenvalue weighted by Crippen LogP contribution is 2.38. The Bertz CT molecular complexity index is 431. The van der Waals surface area contributed by atoms with Gasteiger partial charge in [-0.2, -0.15) is 13.2 Å². The molecule has 0 aliphatic carbocycles. The molecule has 1 unspecified atom stereocenters. The molecular weight excluding hydrogens is 264 g/mol. The van der Waals surface area contributed by atoms with Gasteiger partial charge in [0.25, 0.3) is 0 Å². The number of rotatable bonds is 3. The largest absolute Gasteiger partial charge is 0.481 e. The summed E-state index contributed by atoms with van der Waals surface area (Å²) >= 11 is 5.33. The summed E-state index contributed by atoms with van der Waals surface area (Å²) in [6.45, 7) is 0. The molecule has 17 heavy (non-hydrogen) atoms. The molecule has 0 radical (unpaired) electrons. The molecule has 0 spiro atoms. The standard InChI is InChI=1S/C10H7ClF4O2/c11-7-2-1-5(3-8(7)12)6(4-9(16)17)10(13,14)15/h1-3,6H,4H2,(H,16,17). The molecule has 1 atom stereocenters. The Morgan fingerprint density at radius 3 is 2.41 bits per heavy atom. The van der Waals surface area contributed by atoms with Crippen molar-refractivity contribution in [2.45, 2.75) is 18.5 Å². The molecule has 1 N–H and O–H groups in total. The van der Waals surface area contributed by atoms with Gasteiger partial charge in [0.1, 0.15) is 5.82 Å². The lowest BCUT2D eigenvalue weighted by atomic mass is 9.95. The topological polar surface area (TPSA) is 37.3 Å². The van der Waals surface area contributed by atoms with Gasteiger partial charge in [0.05, 0.1) is 17.4 Å². The summed E-state index contributed by atoms with van der Waals surface area (Å²) in [6, 6.07) is 2.53. The summed E-state index contributed by atoms with van der Waals surface area (Å²) in [6.07, 6.45) is -5.90. The molecule has 1 aromatic rings. The third kappa shape index (κ3) is 3.59. The fraction of sp³-hybridized carbons (Fsp3) is 0.300. The van der Waals surface area contributed by atoms with Crippen molar-refractivity contribution < 1.29 is 27.5 Å². The molecule has 0 bridgehead atoms. The summed E-state index contributed by atoms with van der Waals surface area (Å²) in [4.78, 5) is 10.4. The minimum Gasteiger partial charge on any atom is -0.481 e. The van der Waals surface area contributed by atoms with Crippen molar-refractivity contribution >= 4 is 17.6 Å².